The van der Waals surface area contributed by atoms with Gasteiger partial charge in [0, 0.05) is 5.56 Å². The summed E-state index contributed by atoms with van der Waals surface area (Å²) in [7, 11) is 0. The van der Waals surface area contributed by atoms with Crippen LogP contribution < -0.4 is 9.64 Å². The zero-order valence-corrected chi connectivity index (χ0v) is 12.8. The first kappa shape index (κ1) is 15.6. The lowest BCUT2D eigenvalue weighted by Gasteiger charge is -2.31. The van der Waals surface area contributed by atoms with Crippen LogP contribution in [0.4, 0.5) is 0 Å². The average Bonchev–Trinajstić information content (AvgIpc) is 2.53. The summed E-state index contributed by atoms with van der Waals surface area (Å²) in [5.74, 6) is 0.883. The molecule has 1 amide bonds. The molecule has 4 nitrogen and oxygen atoms in total. The number of carbonyl (C=O) groups excluding carboxylic acids is 1. The number of nitrogens with one attached hydrogen (secondary N) is 1. The Bertz CT molecular complexity index is 479. The van der Waals surface area contributed by atoms with E-state index in [-0.39, 0.29) is 5.91 Å². The zero-order valence-electron chi connectivity index (χ0n) is 12.8. The van der Waals surface area contributed by atoms with Gasteiger partial charge in [0.05, 0.1) is 39.3 Å². The lowest BCUT2D eigenvalue weighted by molar-refractivity contribution is -0.898. The Labute approximate surface area is 127 Å². The molecule has 4 heteroatoms. The van der Waals surface area contributed by atoms with Crippen LogP contribution in [0.25, 0.3) is 0 Å². The quantitative estimate of drug-likeness (QED) is 0.793. The minimum absolute atomic E-state index is 0.106. The van der Waals surface area contributed by atoms with Crippen molar-refractivity contribution in [1.29, 1.82) is 0 Å². The summed E-state index contributed by atoms with van der Waals surface area (Å²) in [6.45, 7) is 11.1. The number of piperazine rings is 1. The molecule has 1 aliphatic rings. The molecule has 1 saturated heterocycles. The number of quaternary nitrogens is 1. The molecule has 0 unspecified atom stereocenters. The Hall–Kier alpha value is -1.81. The Kier molecular flexibility index (Phi) is 5.81. The van der Waals surface area contributed by atoms with Crippen molar-refractivity contribution in [2.75, 3.05) is 39.3 Å². The van der Waals surface area contributed by atoms with Gasteiger partial charge in [-0.25, -0.2) is 0 Å². The van der Waals surface area contributed by atoms with Crippen molar-refractivity contribution in [3.63, 3.8) is 0 Å². The van der Waals surface area contributed by atoms with Gasteiger partial charge in [0.15, 0.2) is 0 Å². The van der Waals surface area contributed by atoms with Gasteiger partial charge in [-0.3, -0.25) is 4.79 Å². The molecule has 0 aromatic heterocycles. The molecule has 1 N–H and O–H groups in total. The van der Waals surface area contributed by atoms with Crippen molar-refractivity contribution in [2.24, 2.45) is 0 Å². The number of hydrogen-bond donors (Lipinski definition) is 1. The van der Waals surface area contributed by atoms with E-state index in [2.05, 4.69) is 13.5 Å². The summed E-state index contributed by atoms with van der Waals surface area (Å²) < 4.78 is 5.60. The van der Waals surface area contributed by atoms with Crippen molar-refractivity contribution in [2.45, 2.75) is 13.3 Å². The van der Waals surface area contributed by atoms with Crippen LogP contribution in [0.15, 0.2) is 36.9 Å². The first-order valence-corrected chi connectivity index (χ1v) is 7.71. The van der Waals surface area contributed by atoms with Crippen molar-refractivity contribution in [3.05, 3.63) is 42.5 Å². The predicted octanol–water partition coefficient (Wildman–Crippen LogP) is 1.00. The number of amides is 1. The summed E-state index contributed by atoms with van der Waals surface area (Å²) in [5, 5.41) is 0. The van der Waals surface area contributed by atoms with Gasteiger partial charge in [-0.1, -0.05) is 19.6 Å². The Morgan fingerprint density at radius 1 is 1.43 bits per heavy atom. The largest absolute Gasteiger partial charge is 0.494 e. The Morgan fingerprint density at radius 3 is 2.86 bits per heavy atom. The molecule has 1 aliphatic heterocycles. The van der Waals surface area contributed by atoms with Crippen molar-refractivity contribution in [1.82, 2.24) is 4.90 Å². The van der Waals surface area contributed by atoms with E-state index in [4.69, 9.17) is 4.74 Å². The molecular weight excluding hydrogens is 264 g/mol. The van der Waals surface area contributed by atoms with E-state index < -0.39 is 0 Å². The predicted molar refractivity (Wildman–Crippen MR) is 83.9 cm³/mol. The molecule has 0 bridgehead atoms. The van der Waals surface area contributed by atoms with E-state index in [1.807, 2.05) is 35.2 Å². The molecule has 0 spiro atoms. The maximum atomic E-state index is 12.5. The van der Waals surface area contributed by atoms with E-state index in [9.17, 15) is 4.79 Å². The van der Waals surface area contributed by atoms with Crippen LogP contribution >= 0.6 is 0 Å². The zero-order chi connectivity index (χ0) is 15.1. The summed E-state index contributed by atoms with van der Waals surface area (Å²) in [5.41, 5.74) is 0.718. The molecule has 0 saturated carbocycles. The van der Waals surface area contributed by atoms with E-state index >= 15 is 0 Å². The van der Waals surface area contributed by atoms with Crippen LogP contribution in [0, 0.1) is 0 Å². The lowest BCUT2D eigenvalue weighted by Crippen LogP contribution is -3.14. The fourth-order valence-corrected chi connectivity index (χ4v) is 2.56. The maximum Gasteiger partial charge on any atom is 0.254 e. The Balaban J connectivity index is 1.95. The van der Waals surface area contributed by atoms with E-state index in [0.717, 1.165) is 50.5 Å². The molecule has 1 aromatic rings. The number of ether oxygens (including phenoxy) is 1. The van der Waals surface area contributed by atoms with Gasteiger partial charge in [0.2, 0.25) is 0 Å². The normalized spacial score (nSPS) is 15.8. The number of benzene rings is 1. The van der Waals surface area contributed by atoms with Crippen molar-refractivity contribution < 1.29 is 14.4 Å². The van der Waals surface area contributed by atoms with E-state index in [1.54, 1.807) is 0 Å². The molecule has 21 heavy (non-hydrogen) atoms. The fourth-order valence-electron chi connectivity index (χ4n) is 2.56. The van der Waals surface area contributed by atoms with Gasteiger partial charge in [-0.05, 0) is 30.7 Å². The van der Waals surface area contributed by atoms with Crippen LogP contribution in [0.5, 0.6) is 5.75 Å². The number of nitrogens with zero attached hydrogens (tertiary/aromatic N) is 1. The van der Waals surface area contributed by atoms with Crippen LogP contribution in [-0.4, -0.2) is 50.1 Å². The molecule has 0 atom stereocenters. The highest BCUT2D eigenvalue weighted by atomic mass is 16.5. The second-order valence-corrected chi connectivity index (χ2v) is 5.41. The molecule has 114 valence electrons. The first-order chi connectivity index (χ1) is 10.2. The smallest absolute Gasteiger partial charge is 0.254 e. The van der Waals surface area contributed by atoms with Crippen LogP contribution in [0.3, 0.4) is 0 Å². The SMILES string of the molecule is C=CC[NH+]1CCN(C(=O)c2cccc(OCCC)c2)CC1. The van der Waals surface area contributed by atoms with E-state index in [1.165, 1.54) is 4.90 Å². The highest BCUT2D eigenvalue weighted by molar-refractivity contribution is 5.94. The molecule has 2 rings (SSSR count). The number of hydrogen-bond acceptors (Lipinski definition) is 2. The Morgan fingerprint density at radius 2 is 2.19 bits per heavy atom. The summed E-state index contributed by atoms with van der Waals surface area (Å²) in [4.78, 5) is 16.0. The van der Waals surface area contributed by atoms with Gasteiger partial charge in [-0.2, -0.15) is 0 Å². The monoisotopic (exact) mass is 289 g/mol. The number of rotatable bonds is 6. The summed E-state index contributed by atoms with van der Waals surface area (Å²) >= 11 is 0. The minimum atomic E-state index is 0.106. The molecule has 1 heterocycles. The van der Waals surface area contributed by atoms with Gasteiger partial charge in [0.1, 0.15) is 5.75 Å². The third-order valence-electron chi connectivity index (χ3n) is 3.74. The lowest BCUT2D eigenvalue weighted by atomic mass is 10.1. The third kappa shape index (κ3) is 4.33. The average molecular weight is 289 g/mol. The molecule has 1 fully saturated rings. The number of carbonyl (C=O) groups is 1. The van der Waals surface area contributed by atoms with Crippen LogP contribution in [-0.2, 0) is 0 Å². The van der Waals surface area contributed by atoms with Gasteiger partial charge in [-0.15, -0.1) is 0 Å². The molecule has 1 aromatic carbocycles. The van der Waals surface area contributed by atoms with Gasteiger partial charge in [0.25, 0.3) is 5.91 Å². The van der Waals surface area contributed by atoms with Crippen molar-refractivity contribution in [3.8, 4) is 5.75 Å². The summed E-state index contributed by atoms with van der Waals surface area (Å²) in [6.07, 6.45) is 2.91. The van der Waals surface area contributed by atoms with Gasteiger partial charge < -0.3 is 14.5 Å². The maximum absolute atomic E-state index is 12.5. The second-order valence-electron chi connectivity index (χ2n) is 5.41. The minimum Gasteiger partial charge on any atom is -0.494 e. The molecular formula is C17H25N2O2+. The topological polar surface area (TPSA) is 34.0 Å². The first-order valence-electron chi connectivity index (χ1n) is 7.71. The highest BCUT2D eigenvalue weighted by Crippen LogP contribution is 2.15. The molecule has 0 radical (unpaired) electrons. The second kappa shape index (κ2) is 7.84. The standard InChI is InChI=1S/C17H24N2O2/c1-3-8-18-9-11-19(12-10-18)17(20)15-6-5-7-16(14-15)21-13-4-2/h3,5-7,14H,1,4,8-13H2,2H3/p+1. The van der Waals surface area contributed by atoms with Crippen LogP contribution in [0.1, 0.15) is 23.7 Å². The summed E-state index contributed by atoms with van der Waals surface area (Å²) in [6, 6.07) is 7.50. The van der Waals surface area contributed by atoms with Crippen molar-refractivity contribution >= 4 is 5.91 Å². The van der Waals surface area contributed by atoms with Crippen LogP contribution in [0.2, 0.25) is 0 Å². The van der Waals surface area contributed by atoms with Gasteiger partial charge >= 0.3 is 0 Å². The third-order valence-corrected chi connectivity index (χ3v) is 3.74. The van der Waals surface area contributed by atoms with E-state index in [0.29, 0.717) is 6.61 Å². The highest BCUT2D eigenvalue weighted by Gasteiger charge is 2.23. The molecule has 0 aliphatic carbocycles. The fraction of sp³-hybridized carbons (Fsp3) is 0.471.